The summed E-state index contributed by atoms with van der Waals surface area (Å²) >= 11 is 0. The zero-order valence-corrected chi connectivity index (χ0v) is 11.7. The summed E-state index contributed by atoms with van der Waals surface area (Å²) in [5.74, 6) is -0.145. The monoisotopic (exact) mass is 290 g/mol. The number of nitrogens with one attached hydrogen (secondary N) is 1. The fraction of sp³-hybridized carbons (Fsp3) is 0. The lowest BCUT2D eigenvalue weighted by Crippen LogP contribution is -2.17. The van der Waals surface area contributed by atoms with Crippen molar-refractivity contribution in [3.05, 3.63) is 77.9 Å². The molecule has 0 fully saturated rings. The van der Waals surface area contributed by atoms with Gasteiger partial charge >= 0.3 is 0 Å². The predicted octanol–water partition coefficient (Wildman–Crippen LogP) is 3.31. The number of hydrogen-bond acceptors (Lipinski definition) is 3. The zero-order valence-electron chi connectivity index (χ0n) is 11.7. The summed E-state index contributed by atoms with van der Waals surface area (Å²) in [4.78, 5) is 11.8. The van der Waals surface area contributed by atoms with Crippen molar-refractivity contribution >= 4 is 22.9 Å². The number of aromatic hydroxyl groups is 1. The number of phenolic OH excluding ortho intramolecular Hbond substituents is 1. The van der Waals surface area contributed by atoms with Crippen LogP contribution < -0.4 is 5.43 Å². The maximum Gasteiger partial charge on any atom is 0.271 e. The summed E-state index contributed by atoms with van der Waals surface area (Å²) in [6.45, 7) is 0. The van der Waals surface area contributed by atoms with Crippen LogP contribution in [0.1, 0.15) is 15.9 Å². The van der Waals surface area contributed by atoms with Crippen molar-refractivity contribution in [2.24, 2.45) is 5.10 Å². The number of hydrazone groups is 1. The molecule has 0 aliphatic heterocycles. The molecule has 4 heteroatoms. The van der Waals surface area contributed by atoms with E-state index in [1.54, 1.807) is 30.3 Å². The molecule has 0 aliphatic carbocycles. The number of rotatable bonds is 3. The first-order valence-electron chi connectivity index (χ1n) is 6.85. The Bertz CT molecular complexity index is 842. The minimum Gasteiger partial charge on any atom is -0.507 e. The first-order chi connectivity index (χ1) is 10.8. The molecular formula is C18H14N2O2. The van der Waals surface area contributed by atoms with E-state index in [9.17, 15) is 9.90 Å². The maximum atomic E-state index is 11.8. The van der Waals surface area contributed by atoms with E-state index in [1.165, 1.54) is 6.21 Å². The molecule has 3 aromatic rings. The smallest absolute Gasteiger partial charge is 0.271 e. The minimum absolute atomic E-state index is 0.149. The molecule has 22 heavy (non-hydrogen) atoms. The Morgan fingerprint density at radius 2 is 1.68 bits per heavy atom. The summed E-state index contributed by atoms with van der Waals surface area (Å²) < 4.78 is 0. The van der Waals surface area contributed by atoms with Crippen LogP contribution in [0.3, 0.4) is 0 Å². The number of fused-ring (bicyclic) bond motifs is 1. The lowest BCUT2D eigenvalue weighted by atomic mass is 10.1. The zero-order chi connectivity index (χ0) is 15.4. The second-order valence-corrected chi connectivity index (χ2v) is 4.79. The molecule has 0 heterocycles. The quantitative estimate of drug-likeness (QED) is 0.574. The summed E-state index contributed by atoms with van der Waals surface area (Å²) in [7, 11) is 0. The van der Waals surface area contributed by atoms with Gasteiger partial charge in [0.15, 0.2) is 0 Å². The summed E-state index contributed by atoms with van der Waals surface area (Å²) in [6.07, 6.45) is 1.43. The predicted molar refractivity (Wildman–Crippen MR) is 87.1 cm³/mol. The van der Waals surface area contributed by atoms with E-state index in [0.717, 1.165) is 10.8 Å². The van der Waals surface area contributed by atoms with E-state index in [2.05, 4.69) is 10.5 Å². The number of phenols is 1. The standard InChI is InChI=1S/C18H14N2O2/c21-17-15(11-10-13-6-4-5-9-16(13)17)12-19-20-18(22)14-7-2-1-3-8-14/h1-12,21H,(H,20,22). The molecule has 108 valence electrons. The van der Waals surface area contributed by atoms with Crippen molar-refractivity contribution in [1.29, 1.82) is 0 Å². The van der Waals surface area contributed by atoms with Crippen molar-refractivity contribution < 1.29 is 9.90 Å². The maximum absolute atomic E-state index is 11.8. The largest absolute Gasteiger partial charge is 0.507 e. The summed E-state index contributed by atoms with van der Waals surface area (Å²) in [6, 6.07) is 20.0. The number of carbonyl (C=O) groups excluding carboxylic acids is 1. The Labute approximate surface area is 127 Å². The highest BCUT2D eigenvalue weighted by atomic mass is 16.3. The molecule has 0 radical (unpaired) electrons. The number of nitrogens with zero attached hydrogens (tertiary/aromatic N) is 1. The van der Waals surface area contributed by atoms with Crippen LogP contribution in [0.2, 0.25) is 0 Å². The fourth-order valence-electron chi connectivity index (χ4n) is 2.19. The average Bonchev–Trinajstić information content (AvgIpc) is 2.58. The SMILES string of the molecule is O=C(NN=Cc1ccc2ccccc2c1O)c1ccccc1. The van der Waals surface area contributed by atoms with E-state index >= 15 is 0 Å². The molecule has 0 atom stereocenters. The van der Waals surface area contributed by atoms with Crippen LogP contribution in [0.25, 0.3) is 10.8 Å². The van der Waals surface area contributed by atoms with Crippen molar-refractivity contribution in [2.75, 3.05) is 0 Å². The van der Waals surface area contributed by atoms with Gasteiger partial charge in [0, 0.05) is 16.5 Å². The molecule has 0 bridgehead atoms. The molecule has 3 rings (SSSR count). The van der Waals surface area contributed by atoms with Gasteiger partial charge in [-0.05, 0) is 23.6 Å². The Kier molecular flexibility index (Phi) is 3.83. The third-order valence-corrected chi connectivity index (χ3v) is 3.34. The Hall–Kier alpha value is -3.14. The highest BCUT2D eigenvalue weighted by molar-refractivity contribution is 5.98. The molecule has 0 saturated carbocycles. The summed E-state index contributed by atoms with van der Waals surface area (Å²) in [5.41, 5.74) is 3.52. The van der Waals surface area contributed by atoms with Gasteiger partial charge in [-0.15, -0.1) is 0 Å². The molecule has 0 spiro atoms. The van der Waals surface area contributed by atoms with Gasteiger partial charge in [0.25, 0.3) is 5.91 Å². The van der Waals surface area contributed by atoms with Gasteiger partial charge in [0.1, 0.15) is 5.75 Å². The second-order valence-electron chi connectivity index (χ2n) is 4.79. The van der Waals surface area contributed by atoms with Crippen LogP contribution >= 0.6 is 0 Å². The van der Waals surface area contributed by atoms with Crippen LogP contribution in [-0.2, 0) is 0 Å². The molecule has 1 amide bonds. The van der Waals surface area contributed by atoms with Crippen LogP contribution in [0.15, 0.2) is 71.8 Å². The lowest BCUT2D eigenvalue weighted by molar-refractivity contribution is 0.0955. The van der Waals surface area contributed by atoms with E-state index in [1.807, 2.05) is 36.4 Å². The molecule has 4 nitrogen and oxygen atoms in total. The van der Waals surface area contributed by atoms with Crippen LogP contribution in [0.5, 0.6) is 5.75 Å². The highest BCUT2D eigenvalue weighted by Gasteiger charge is 2.05. The Morgan fingerprint density at radius 1 is 0.955 bits per heavy atom. The third kappa shape index (κ3) is 2.81. The minimum atomic E-state index is -0.294. The number of carbonyl (C=O) groups is 1. The molecule has 0 aromatic heterocycles. The van der Waals surface area contributed by atoms with Gasteiger partial charge in [-0.1, -0.05) is 48.5 Å². The molecular weight excluding hydrogens is 276 g/mol. The van der Waals surface area contributed by atoms with Crippen molar-refractivity contribution in [1.82, 2.24) is 5.43 Å². The topological polar surface area (TPSA) is 61.7 Å². The van der Waals surface area contributed by atoms with E-state index in [-0.39, 0.29) is 11.7 Å². The van der Waals surface area contributed by atoms with Gasteiger partial charge in [0.2, 0.25) is 0 Å². The van der Waals surface area contributed by atoms with E-state index < -0.39 is 0 Å². The Balaban J connectivity index is 1.78. The van der Waals surface area contributed by atoms with Crippen LogP contribution in [0, 0.1) is 0 Å². The molecule has 3 aromatic carbocycles. The van der Waals surface area contributed by atoms with Gasteiger partial charge in [-0.3, -0.25) is 4.79 Å². The second kappa shape index (κ2) is 6.10. The first kappa shape index (κ1) is 13.8. The molecule has 2 N–H and O–H groups in total. The van der Waals surface area contributed by atoms with Crippen molar-refractivity contribution in [3.63, 3.8) is 0 Å². The Morgan fingerprint density at radius 3 is 2.50 bits per heavy atom. The van der Waals surface area contributed by atoms with Gasteiger partial charge in [-0.25, -0.2) is 5.43 Å². The van der Waals surface area contributed by atoms with Crippen molar-refractivity contribution in [2.45, 2.75) is 0 Å². The molecule has 0 aliphatic rings. The average molecular weight is 290 g/mol. The van der Waals surface area contributed by atoms with Crippen LogP contribution in [-0.4, -0.2) is 17.2 Å². The summed E-state index contributed by atoms with van der Waals surface area (Å²) in [5, 5.41) is 15.8. The van der Waals surface area contributed by atoms with Gasteiger partial charge < -0.3 is 5.11 Å². The fourth-order valence-corrected chi connectivity index (χ4v) is 2.19. The van der Waals surface area contributed by atoms with Crippen molar-refractivity contribution in [3.8, 4) is 5.75 Å². The van der Waals surface area contributed by atoms with Crippen LogP contribution in [0.4, 0.5) is 0 Å². The van der Waals surface area contributed by atoms with Gasteiger partial charge in [-0.2, -0.15) is 5.10 Å². The normalized spacial score (nSPS) is 10.9. The van der Waals surface area contributed by atoms with E-state index in [0.29, 0.717) is 11.1 Å². The first-order valence-corrected chi connectivity index (χ1v) is 6.85. The highest BCUT2D eigenvalue weighted by Crippen LogP contribution is 2.27. The van der Waals surface area contributed by atoms with E-state index in [4.69, 9.17) is 0 Å². The number of hydrogen-bond donors (Lipinski definition) is 2. The molecule has 0 unspecified atom stereocenters. The lowest BCUT2D eigenvalue weighted by Gasteiger charge is -2.04. The van der Waals surface area contributed by atoms with Gasteiger partial charge in [0.05, 0.1) is 6.21 Å². The number of amides is 1. The third-order valence-electron chi connectivity index (χ3n) is 3.34. The molecule has 0 saturated heterocycles. The number of benzene rings is 3.